The highest BCUT2D eigenvalue weighted by Crippen LogP contribution is 2.29. The molecule has 1 aromatic rings. The zero-order valence-corrected chi connectivity index (χ0v) is 8.10. The summed E-state index contributed by atoms with van der Waals surface area (Å²) in [5, 5.41) is 6.37. The van der Waals surface area contributed by atoms with Crippen LogP contribution in [0.5, 0.6) is 0 Å². The van der Waals surface area contributed by atoms with Gasteiger partial charge in [-0.3, -0.25) is 5.32 Å². The van der Waals surface area contributed by atoms with E-state index in [9.17, 15) is 0 Å². The lowest BCUT2D eigenvalue weighted by molar-refractivity contribution is 0.619. The molecular formula is C9H14N4. The van der Waals surface area contributed by atoms with Crippen LogP contribution in [0.15, 0.2) is 11.2 Å². The van der Waals surface area contributed by atoms with Crippen molar-refractivity contribution in [2.45, 2.75) is 20.0 Å². The van der Waals surface area contributed by atoms with Crippen molar-refractivity contribution >= 4 is 11.7 Å². The number of aromatic nitrogens is 1. The number of aliphatic imine (C=N–C) groups is 1. The monoisotopic (exact) mass is 178 g/mol. The number of amidine groups is 1. The Morgan fingerprint density at radius 2 is 2.23 bits per heavy atom. The molecular weight excluding hydrogens is 164 g/mol. The summed E-state index contributed by atoms with van der Waals surface area (Å²) < 4.78 is 0. The van der Waals surface area contributed by atoms with Crippen molar-refractivity contribution < 1.29 is 0 Å². The second kappa shape index (κ2) is 2.88. The Morgan fingerprint density at radius 3 is 2.92 bits per heavy atom. The molecule has 4 nitrogen and oxygen atoms in total. The Morgan fingerprint density at radius 1 is 1.46 bits per heavy atom. The lowest BCUT2D eigenvalue weighted by Gasteiger charge is -2.21. The lowest BCUT2D eigenvalue weighted by Crippen LogP contribution is -2.24. The van der Waals surface area contributed by atoms with Gasteiger partial charge in [0.15, 0.2) is 0 Å². The number of nitrogens with one attached hydrogen (secondary N) is 3. The van der Waals surface area contributed by atoms with Gasteiger partial charge in [0, 0.05) is 11.8 Å². The molecule has 0 bridgehead atoms. The Balaban J connectivity index is 2.47. The minimum absolute atomic E-state index is 0.0856. The smallest absolute Gasteiger partial charge is 0.131 e. The number of hydrogen-bond acceptors (Lipinski definition) is 3. The van der Waals surface area contributed by atoms with Gasteiger partial charge < -0.3 is 10.3 Å². The standard InChI is InChI=1S/C9H14N4/c1-5-4-11-9-7(5)8(10-3)12-6(2)13-9/h4,8,10-11H,1-3H3,(H,12,13)/t8-/m0/s1. The molecule has 0 amide bonds. The molecule has 0 saturated carbocycles. The van der Waals surface area contributed by atoms with Gasteiger partial charge in [0.2, 0.25) is 0 Å². The lowest BCUT2D eigenvalue weighted by atomic mass is 10.1. The predicted molar refractivity (Wildman–Crippen MR) is 54.1 cm³/mol. The van der Waals surface area contributed by atoms with E-state index in [2.05, 4.69) is 27.5 Å². The number of H-pyrrole nitrogens is 1. The van der Waals surface area contributed by atoms with Gasteiger partial charge in [-0.15, -0.1) is 0 Å². The van der Waals surface area contributed by atoms with Crippen LogP contribution in [0.2, 0.25) is 0 Å². The Bertz CT molecular complexity index is 350. The summed E-state index contributed by atoms with van der Waals surface area (Å²) in [4.78, 5) is 7.64. The fourth-order valence-corrected chi connectivity index (χ4v) is 1.67. The van der Waals surface area contributed by atoms with Gasteiger partial charge >= 0.3 is 0 Å². The van der Waals surface area contributed by atoms with Gasteiger partial charge in [0.25, 0.3) is 0 Å². The molecule has 0 fully saturated rings. The molecule has 3 N–H and O–H groups in total. The Labute approximate surface area is 77.5 Å². The van der Waals surface area contributed by atoms with Crippen LogP contribution in [0, 0.1) is 6.92 Å². The first kappa shape index (κ1) is 8.31. The van der Waals surface area contributed by atoms with Gasteiger partial charge in [0.1, 0.15) is 17.8 Å². The highest BCUT2D eigenvalue weighted by Gasteiger charge is 2.21. The van der Waals surface area contributed by atoms with Crippen molar-refractivity contribution in [1.29, 1.82) is 0 Å². The molecule has 2 heterocycles. The fraction of sp³-hybridized carbons (Fsp3) is 0.444. The summed E-state index contributed by atoms with van der Waals surface area (Å²) in [7, 11) is 1.92. The molecule has 4 heteroatoms. The van der Waals surface area contributed by atoms with Crippen LogP contribution in [0.3, 0.4) is 0 Å². The summed E-state index contributed by atoms with van der Waals surface area (Å²) in [5.74, 6) is 2.00. The van der Waals surface area contributed by atoms with Crippen molar-refractivity contribution in [3.05, 3.63) is 17.3 Å². The van der Waals surface area contributed by atoms with Gasteiger partial charge in [-0.1, -0.05) is 0 Å². The van der Waals surface area contributed by atoms with Crippen LogP contribution in [-0.4, -0.2) is 17.9 Å². The molecule has 0 saturated heterocycles. The molecule has 0 aliphatic carbocycles. The molecule has 13 heavy (non-hydrogen) atoms. The van der Waals surface area contributed by atoms with Crippen LogP contribution in [0.4, 0.5) is 5.82 Å². The number of aromatic amines is 1. The first-order valence-corrected chi connectivity index (χ1v) is 4.39. The summed E-state index contributed by atoms with van der Waals surface area (Å²) in [6, 6.07) is 0. The third kappa shape index (κ3) is 1.23. The topological polar surface area (TPSA) is 52.2 Å². The van der Waals surface area contributed by atoms with E-state index in [1.165, 1.54) is 11.1 Å². The minimum Gasteiger partial charge on any atom is -0.348 e. The SMILES string of the molecule is CN[C@H]1N=C(C)Nc2[nH]cc(C)c21. The Hall–Kier alpha value is -1.29. The van der Waals surface area contributed by atoms with Crippen LogP contribution in [0.25, 0.3) is 0 Å². The summed E-state index contributed by atoms with van der Waals surface area (Å²) in [6.07, 6.45) is 2.08. The van der Waals surface area contributed by atoms with E-state index >= 15 is 0 Å². The zero-order chi connectivity index (χ0) is 9.42. The first-order chi connectivity index (χ1) is 6.22. The van der Waals surface area contributed by atoms with Gasteiger partial charge in [-0.2, -0.15) is 0 Å². The maximum Gasteiger partial charge on any atom is 0.131 e. The number of aryl methyl sites for hydroxylation is 1. The molecule has 2 rings (SSSR count). The minimum atomic E-state index is 0.0856. The summed E-state index contributed by atoms with van der Waals surface area (Å²) >= 11 is 0. The molecule has 1 aliphatic rings. The molecule has 0 aromatic carbocycles. The number of nitrogens with zero attached hydrogens (tertiary/aromatic N) is 1. The Kier molecular flexibility index (Phi) is 1.84. The number of anilines is 1. The second-order valence-corrected chi connectivity index (χ2v) is 3.29. The van der Waals surface area contributed by atoms with Crippen LogP contribution < -0.4 is 10.6 Å². The second-order valence-electron chi connectivity index (χ2n) is 3.29. The van der Waals surface area contributed by atoms with Crippen molar-refractivity contribution in [2.75, 3.05) is 12.4 Å². The van der Waals surface area contributed by atoms with Crippen molar-refractivity contribution in [2.24, 2.45) is 4.99 Å². The van der Waals surface area contributed by atoms with Gasteiger partial charge in [-0.25, -0.2) is 4.99 Å². The predicted octanol–water partition coefficient (Wildman–Crippen LogP) is 1.39. The van der Waals surface area contributed by atoms with Gasteiger partial charge in [0.05, 0.1) is 0 Å². The van der Waals surface area contributed by atoms with Crippen LogP contribution in [-0.2, 0) is 0 Å². The maximum atomic E-state index is 4.45. The molecule has 70 valence electrons. The summed E-state index contributed by atoms with van der Waals surface area (Å²) in [5.41, 5.74) is 2.45. The van der Waals surface area contributed by atoms with Crippen LogP contribution in [0.1, 0.15) is 24.2 Å². The number of rotatable bonds is 1. The van der Waals surface area contributed by atoms with E-state index < -0.39 is 0 Å². The fourth-order valence-electron chi connectivity index (χ4n) is 1.67. The zero-order valence-electron chi connectivity index (χ0n) is 8.10. The molecule has 1 atom stereocenters. The molecule has 0 unspecified atom stereocenters. The summed E-state index contributed by atoms with van der Waals surface area (Å²) in [6.45, 7) is 4.04. The maximum absolute atomic E-state index is 4.45. The molecule has 0 radical (unpaired) electrons. The normalized spacial score (nSPS) is 20.5. The quantitative estimate of drug-likeness (QED) is 0.608. The number of fused-ring (bicyclic) bond motifs is 1. The highest BCUT2D eigenvalue weighted by molar-refractivity contribution is 5.95. The van der Waals surface area contributed by atoms with E-state index in [0.29, 0.717) is 0 Å². The average Bonchev–Trinajstić information content (AvgIpc) is 2.46. The van der Waals surface area contributed by atoms with E-state index in [1.807, 2.05) is 20.2 Å². The van der Waals surface area contributed by atoms with Gasteiger partial charge in [-0.05, 0) is 26.5 Å². The average molecular weight is 178 g/mol. The molecule has 1 aliphatic heterocycles. The first-order valence-electron chi connectivity index (χ1n) is 4.39. The van der Waals surface area contributed by atoms with E-state index in [1.54, 1.807) is 0 Å². The third-order valence-electron chi connectivity index (χ3n) is 2.30. The largest absolute Gasteiger partial charge is 0.348 e. The van der Waals surface area contributed by atoms with Crippen molar-refractivity contribution in [3.8, 4) is 0 Å². The third-order valence-corrected chi connectivity index (χ3v) is 2.30. The van der Waals surface area contributed by atoms with E-state index in [-0.39, 0.29) is 6.17 Å². The molecule has 0 spiro atoms. The van der Waals surface area contributed by atoms with E-state index in [0.717, 1.165) is 11.7 Å². The van der Waals surface area contributed by atoms with Crippen molar-refractivity contribution in [3.63, 3.8) is 0 Å². The highest BCUT2D eigenvalue weighted by atomic mass is 15.2. The number of hydrogen-bond donors (Lipinski definition) is 3. The van der Waals surface area contributed by atoms with E-state index in [4.69, 9.17) is 0 Å². The molecule has 1 aromatic heterocycles. The van der Waals surface area contributed by atoms with Crippen molar-refractivity contribution in [1.82, 2.24) is 10.3 Å². The van der Waals surface area contributed by atoms with Crippen LogP contribution >= 0.6 is 0 Å².